The van der Waals surface area contributed by atoms with Crippen LogP contribution in [0.2, 0.25) is 5.02 Å². The van der Waals surface area contributed by atoms with Gasteiger partial charge in [0.05, 0.1) is 0 Å². The fourth-order valence-electron chi connectivity index (χ4n) is 2.93. The van der Waals surface area contributed by atoms with Crippen molar-refractivity contribution in [3.05, 3.63) is 28.8 Å². The summed E-state index contributed by atoms with van der Waals surface area (Å²) in [6, 6.07) is 6.31. The maximum atomic E-state index is 6.17. The molecule has 20 heavy (non-hydrogen) atoms. The first-order valence-electron chi connectivity index (χ1n) is 7.76. The molecule has 0 bridgehead atoms. The van der Waals surface area contributed by atoms with Gasteiger partial charge in [0, 0.05) is 30.3 Å². The number of nitrogens with one attached hydrogen (secondary N) is 1. The van der Waals surface area contributed by atoms with E-state index in [0.717, 1.165) is 31.2 Å². The Morgan fingerprint density at radius 2 is 2.05 bits per heavy atom. The van der Waals surface area contributed by atoms with Crippen molar-refractivity contribution in [2.24, 2.45) is 5.41 Å². The quantitative estimate of drug-likeness (QED) is 0.881. The third kappa shape index (κ3) is 4.13. The molecular weight excluding hydrogens is 268 g/mol. The summed E-state index contributed by atoms with van der Waals surface area (Å²) >= 11 is 6.17. The molecule has 2 rings (SSSR count). The van der Waals surface area contributed by atoms with Crippen molar-refractivity contribution in [3.63, 3.8) is 0 Å². The van der Waals surface area contributed by atoms with E-state index in [2.05, 4.69) is 43.1 Å². The summed E-state index contributed by atoms with van der Waals surface area (Å²) in [6.45, 7) is 11.1. The minimum Gasteiger partial charge on any atom is -0.371 e. The normalized spacial score (nSPS) is 18.9. The monoisotopic (exact) mass is 294 g/mol. The number of nitrogens with zero attached hydrogens (tertiary/aromatic N) is 1. The predicted octanol–water partition coefficient (Wildman–Crippen LogP) is 4.47. The summed E-state index contributed by atoms with van der Waals surface area (Å²) < 4.78 is 0. The van der Waals surface area contributed by atoms with Gasteiger partial charge < -0.3 is 10.2 Å². The van der Waals surface area contributed by atoms with Gasteiger partial charge in [-0.05, 0) is 55.0 Å². The van der Waals surface area contributed by atoms with Crippen LogP contribution >= 0.6 is 11.6 Å². The molecule has 1 heterocycles. The first-order valence-corrected chi connectivity index (χ1v) is 8.14. The molecule has 1 N–H and O–H groups in total. The van der Waals surface area contributed by atoms with E-state index in [9.17, 15) is 0 Å². The minimum absolute atomic E-state index is 0.475. The zero-order valence-electron chi connectivity index (χ0n) is 13.0. The molecule has 0 aliphatic carbocycles. The molecule has 1 saturated heterocycles. The molecular formula is C17H27ClN2. The highest BCUT2D eigenvalue weighted by Gasteiger charge is 2.24. The number of hydrogen-bond acceptors (Lipinski definition) is 2. The fraction of sp³-hybridized carbons (Fsp3) is 0.647. The van der Waals surface area contributed by atoms with Gasteiger partial charge in [0.25, 0.3) is 0 Å². The van der Waals surface area contributed by atoms with Crippen LogP contribution in [0.4, 0.5) is 5.69 Å². The van der Waals surface area contributed by atoms with E-state index in [1.807, 2.05) is 6.07 Å². The molecule has 1 aliphatic heterocycles. The summed E-state index contributed by atoms with van der Waals surface area (Å²) in [5.41, 5.74) is 3.15. The SMILES string of the molecule is CCNCc1cc(Cl)ccc1N1CCCC(C)(C)CC1. The van der Waals surface area contributed by atoms with Crippen LogP contribution in [0, 0.1) is 5.41 Å². The molecule has 3 heteroatoms. The van der Waals surface area contributed by atoms with E-state index in [0.29, 0.717) is 5.41 Å². The number of benzene rings is 1. The van der Waals surface area contributed by atoms with Gasteiger partial charge in [0.1, 0.15) is 0 Å². The average molecular weight is 295 g/mol. The Bertz CT molecular complexity index is 443. The van der Waals surface area contributed by atoms with E-state index in [1.165, 1.54) is 30.5 Å². The highest BCUT2D eigenvalue weighted by atomic mass is 35.5. The molecule has 0 atom stereocenters. The van der Waals surface area contributed by atoms with Crippen molar-refractivity contribution in [1.29, 1.82) is 0 Å². The Hall–Kier alpha value is -0.730. The lowest BCUT2D eigenvalue weighted by atomic mass is 9.85. The number of halogens is 1. The van der Waals surface area contributed by atoms with Gasteiger partial charge in [0.15, 0.2) is 0 Å². The summed E-state index contributed by atoms with van der Waals surface area (Å²) in [6.07, 6.45) is 3.85. The highest BCUT2D eigenvalue weighted by molar-refractivity contribution is 6.30. The molecule has 1 aromatic carbocycles. The molecule has 0 amide bonds. The molecule has 0 radical (unpaired) electrons. The molecule has 1 aromatic rings. The van der Waals surface area contributed by atoms with Crippen LogP contribution in [-0.2, 0) is 6.54 Å². The van der Waals surface area contributed by atoms with Gasteiger partial charge >= 0.3 is 0 Å². The van der Waals surface area contributed by atoms with Crippen LogP contribution in [0.5, 0.6) is 0 Å². The van der Waals surface area contributed by atoms with Gasteiger partial charge in [-0.2, -0.15) is 0 Å². The molecule has 0 saturated carbocycles. The maximum Gasteiger partial charge on any atom is 0.0412 e. The second-order valence-corrected chi connectivity index (χ2v) is 6.99. The van der Waals surface area contributed by atoms with Gasteiger partial charge in [-0.1, -0.05) is 32.4 Å². The van der Waals surface area contributed by atoms with Crippen LogP contribution in [-0.4, -0.2) is 19.6 Å². The van der Waals surface area contributed by atoms with Crippen molar-refractivity contribution in [1.82, 2.24) is 5.32 Å². The van der Waals surface area contributed by atoms with E-state index in [1.54, 1.807) is 0 Å². The second-order valence-electron chi connectivity index (χ2n) is 6.56. The molecule has 0 aromatic heterocycles. The van der Waals surface area contributed by atoms with E-state index < -0.39 is 0 Å². The lowest BCUT2D eigenvalue weighted by Crippen LogP contribution is -2.27. The van der Waals surface area contributed by atoms with Crippen molar-refractivity contribution in [3.8, 4) is 0 Å². The largest absolute Gasteiger partial charge is 0.371 e. The van der Waals surface area contributed by atoms with Gasteiger partial charge in [-0.25, -0.2) is 0 Å². The average Bonchev–Trinajstić information content (AvgIpc) is 2.58. The van der Waals surface area contributed by atoms with Crippen LogP contribution in [0.15, 0.2) is 18.2 Å². The number of hydrogen-bond donors (Lipinski definition) is 1. The van der Waals surface area contributed by atoms with Crippen LogP contribution in [0.25, 0.3) is 0 Å². The third-order valence-corrected chi connectivity index (χ3v) is 4.52. The summed E-state index contributed by atoms with van der Waals surface area (Å²) in [5, 5.41) is 4.25. The summed E-state index contributed by atoms with van der Waals surface area (Å²) in [5.74, 6) is 0. The Morgan fingerprint density at radius 3 is 2.80 bits per heavy atom. The lowest BCUT2D eigenvalue weighted by molar-refractivity contribution is 0.325. The maximum absolute atomic E-state index is 6.17. The van der Waals surface area contributed by atoms with Crippen molar-refractivity contribution < 1.29 is 0 Å². The molecule has 112 valence electrons. The Kier molecular flexibility index (Phi) is 5.34. The van der Waals surface area contributed by atoms with Crippen LogP contribution in [0.1, 0.15) is 45.6 Å². The summed E-state index contributed by atoms with van der Waals surface area (Å²) in [7, 11) is 0. The molecule has 0 unspecified atom stereocenters. The second kappa shape index (κ2) is 6.82. The van der Waals surface area contributed by atoms with Crippen LogP contribution in [0.3, 0.4) is 0 Å². The first kappa shape index (κ1) is 15.7. The summed E-state index contributed by atoms with van der Waals surface area (Å²) in [4.78, 5) is 2.54. The Balaban J connectivity index is 2.18. The van der Waals surface area contributed by atoms with Crippen LogP contribution < -0.4 is 10.2 Å². The molecule has 0 spiro atoms. The lowest BCUT2D eigenvalue weighted by Gasteiger charge is -2.27. The molecule has 1 fully saturated rings. The van der Waals surface area contributed by atoms with Crippen molar-refractivity contribution in [2.75, 3.05) is 24.5 Å². The number of rotatable bonds is 4. The first-order chi connectivity index (χ1) is 9.52. The topological polar surface area (TPSA) is 15.3 Å². The molecule has 2 nitrogen and oxygen atoms in total. The smallest absolute Gasteiger partial charge is 0.0412 e. The van der Waals surface area contributed by atoms with Gasteiger partial charge in [-0.3, -0.25) is 0 Å². The fourth-order valence-corrected chi connectivity index (χ4v) is 3.12. The third-order valence-electron chi connectivity index (χ3n) is 4.29. The van der Waals surface area contributed by atoms with Gasteiger partial charge in [-0.15, -0.1) is 0 Å². The standard InChI is InChI=1S/C17H27ClN2/c1-4-19-13-14-12-15(18)6-7-16(14)20-10-5-8-17(2,3)9-11-20/h6-7,12,19H,4-5,8-11,13H2,1-3H3. The van der Waals surface area contributed by atoms with Crippen molar-refractivity contribution >= 4 is 17.3 Å². The zero-order chi connectivity index (χ0) is 14.6. The highest BCUT2D eigenvalue weighted by Crippen LogP contribution is 2.33. The molecule has 1 aliphatic rings. The van der Waals surface area contributed by atoms with E-state index >= 15 is 0 Å². The van der Waals surface area contributed by atoms with Crippen molar-refractivity contribution in [2.45, 2.75) is 46.6 Å². The number of anilines is 1. The zero-order valence-corrected chi connectivity index (χ0v) is 13.8. The van der Waals surface area contributed by atoms with Gasteiger partial charge in [0.2, 0.25) is 0 Å². The Morgan fingerprint density at radius 1 is 1.25 bits per heavy atom. The predicted molar refractivity (Wildman–Crippen MR) is 88.7 cm³/mol. The van der Waals surface area contributed by atoms with E-state index in [4.69, 9.17) is 11.6 Å². The minimum atomic E-state index is 0.475. The van der Waals surface area contributed by atoms with E-state index in [-0.39, 0.29) is 0 Å². The Labute approximate surface area is 128 Å².